The van der Waals surface area contributed by atoms with Gasteiger partial charge in [0.05, 0.1) is 27.9 Å². The molecule has 0 amide bonds. The van der Waals surface area contributed by atoms with E-state index in [9.17, 15) is 9.90 Å². The third kappa shape index (κ3) is 4.71. The molecule has 0 aliphatic carbocycles. The van der Waals surface area contributed by atoms with Gasteiger partial charge in [-0.25, -0.2) is 4.79 Å². The molecule has 0 aliphatic heterocycles. The van der Waals surface area contributed by atoms with Gasteiger partial charge >= 0.3 is 5.97 Å². The predicted octanol–water partition coefficient (Wildman–Crippen LogP) is 3.55. The molecule has 3 aromatic rings. The molecule has 6 heteroatoms. The van der Waals surface area contributed by atoms with Gasteiger partial charge in [-0.15, -0.1) is 0 Å². The zero-order valence-corrected chi connectivity index (χ0v) is 17.8. The van der Waals surface area contributed by atoms with Crippen LogP contribution in [0.25, 0.3) is 0 Å². The Morgan fingerprint density at radius 3 is 1.65 bits per heavy atom. The number of aliphatic hydroxyl groups excluding tert-OH is 1. The quantitative estimate of drug-likeness (QED) is 0.420. The largest absolute Gasteiger partial charge is 0.497 e. The number of methoxy groups -OCH3 is 3. The summed E-state index contributed by atoms with van der Waals surface area (Å²) in [5.74, 6) is 0.650. The summed E-state index contributed by atoms with van der Waals surface area (Å²) >= 11 is 0. The molecular weight excluding hydrogens is 396 g/mol. The molecule has 0 heterocycles. The third-order valence-corrected chi connectivity index (χ3v) is 5.10. The van der Waals surface area contributed by atoms with Gasteiger partial charge in [0.1, 0.15) is 17.1 Å². The van der Waals surface area contributed by atoms with Crippen molar-refractivity contribution in [1.82, 2.24) is 0 Å². The monoisotopic (exact) mass is 422 g/mol. The van der Waals surface area contributed by atoms with E-state index in [0.29, 0.717) is 11.5 Å². The smallest absolute Gasteiger partial charge is 0.337 e. The Labute approximate surface area is 182 Å². The maximum atomic E-state index is 11.8. The summed E-state index contributed by atoms with van der Waals surface area (Å²) in [6, 6.07) is 24.6. The highest BCUT2D eigenvalue weighted by Gasteiger charge is 2.39. The van der Waals surface area contributed by atoms with Gasteiger partial charge in [0.2, 0.25) is 0 Å². The first-order valence-electron chi connectivity index (χ1n) is 9.79. The molecule has 0 saturated carbocycles. The normalized spacial score (nSPS) is 12.1. The number of rotatable bonds is 9. The molecule has 3 aromatic carbocycles. The Balaban J connectivity index is 2.19. The molecule has 162 valence electrons. The van der Waals surface area contributed by atoms with Crippen molar-refractivity contribution in [2.45, 2.75) is 11.7 Å². The van der Waals surface area contributed by atoms with E-state index in [1.165, 1.54) is 7.11 Å². The number of hydrogen-bond donors (Lipinski definition) is 1. The summed E-state index contributed by atoms with van der Waals surface area (Å²) in [5.41, 5.74) is 1.35. The van der Waals surface area contributed by atoms with Gasteiger partial charge in [0, 0.05) is 0 Å². The average Bonchev–Trinajstić information content (AvgIpc) is 2.85. The van der Waals surface area contributed by atoms with Crippen LogP contribution < -0.4 is 9.47 Å². The highest BCUT2D eigenvalue weighted by atomic mass is 16.6. The summed E-state index contributed by atoms with van der Waals surface area (Å²) in [4.78, 5) is 11.8. The molecule has 0 saturated heterocycles. The number of carbonyl (C=O) groups is 1. The lowest BCUT2D eigenvalue weighted by Crippen LogP contribution is -2.38. The van der Waals surface area contributed by atoms with Crippen molar-refractivity contribution in [2.24, 2.45) is 0 Å². The topological polar surface area (TPSA) is 74.2 Å². The summed E-state index contributed by atoms with van der Waals surface area (Å²) in [6.45, 7) is -0.264. The van der Waals surface area contributed by atoms with Crippen LogP contribution in [0, 0.1) is 0 Å². The lowest BCUT2D eigenvalue weighted by molar-refractivity contribution is -0.156. The minimum atomic E-state index is -1.43. The van der Waals surface area contributed by atoms with Crippen LogP contribution in [0.5, 0.6) is 11.5 Å². The van der Waals surface area contributed by atoms with Crippen molar-refractivity contribution in [1.29, 1.82) is 0 Å². The third-order valence-electron chi connectivity index (χ3n) is 5.10. The van der Waals surface area contributed by atoms with E-state index in [1.54, 1.807) is 14.2 Å². The van der Waals surface area contributed by atoms with Crippen LogP contribution in [0.1, 0.15) is 16.7 Å². The van der Waals surface area contributed by atoms with Crippen LogP contribution in [0.3, 0.4) is 0 Å². The molecule has 1 atom stereocenters. The second kappa shape index (κ2) is 10.1. The van der Waals surface area contributed by atoms with E-state index < -0.39 is 17.7 Å². The zero-order chi connectivity index (χ0) is 22.3. The van der Waals surface area contributed by atoms with Gasteiger partial charge in [0.25, 0.3) is 0 Å². The van der Waals surface area contributed by atoms with E-state index >= 15 is 0 Å². The first kappa shape index (κ1) is 22.3. The highest BCUT2D eigenvalue weighted by Crippen LogP contribution is 2.41. The Hall–Kier alpha value is -3.35. The fourth-order valence-corrected chi connectivity index (χ4v) is 3.48. The van der Waals surface area contributed by atoms with Gasteiger partial charge in [-0.3, -0.25) is 0 Å². The van der Waals surface area contributed by atoms with Crippen molar-refractivity contribution in [3.05, 3.63) is 95.6 Å². The van der Waals surface area contributed by atoms with Crippen LogP contribution in [-0.2, 0) is 19.9 Å². The number of benzene rings is 3. The zero-order valence-electron chi connectivity index (χ0n) is 17.8. The van der Waals surface area contributed by atoms with E-state index in [4.69, 9.17) is 14.2 Å². The predicted molar refractivity (Wildman–Crippen MR) is 116 cm³/mol. The van der Waals surface area contributed by atoms with Crippen LogP contribution in [0.4, 0.5) is 0 Å². The molecule has 0 aromatic heterocycles. The fourth-order valence-electron chi connectivity index (χ4n) is 3.48. The van der Waals surface area contributed by atoms with Gasteiger partial charge < -0.3 is 24.1 Å². The minimum Gasteiger partial charge on any atom is -0.497 e. The molecule has 0 radical (unpaired) electrons. The molecule has 1 unspecified atom stereocenters. The van der Waals surface area contributed by atoms with Crippen LogP contribution in [0.2, 0.25) is 0 Å². The van der Waals surface area contributed by atoms with Gasteiger partial charge in [-0.1, -0.05) is 54.6 Å². The fraction of sp³-hybridized carbons (Fsp3) is 0.240. The van der Waals surface area contributed by atoms with Gasteiger partial charge in [0.15, 0.2) is 6.10 Å². The minimum absolute atomic E-state index is 0.264. The van der Waals surface area contributed by atoms with Crippen LogP contribution in [-0.4, -0.2) is 45.1 Å². The second-order valence-corrected chi connectivity index (χ2v) is 6.85. The molecule has 0 fully saturated rings. The standard InChI is InChI=1S/C25H26O6/c1-28-21-13-9-19(10-14-21)25(18-7-5-4-6-8-18,31-17-23(26)24(27)30-3)20-11-15-22(29-2)16-12-20/h4-16,23,26H,17H2,1-3H3. The molecule has 1 N–H and O–H groups in total. The number of carbonyl (C=O) groups excluding carboxylic acids is 1. The van der Waals surface area contributed by atoms with Crippen molar-refractivity contribution in [3.8, 4) is 11.5 Å². The number of esters is 1. The van der Waals surface area contributed by atoms with E-state index in [1.807, 2.05) is 78.9 Å². The van der Waals surface area contributed by atoms with E-state index in [-0.39, 0.29) is 6.61 Å². The summed E-state index contributed by atoms with van der Waals surface area (Å²) in [7, 11) is 4.43. The molecule has 0 bridgehead atoms. The van der Waals surface area contributed by atoms with E-state index in [0.717, 1.165) is 16.7 Å². The van der Waals surface area contributed by atoms with Gasteiger partial charge in [-0.05, 0) is 41.0 Å². The van der Waals surface area contributed by atoms with Crippen molar-refractivity contribution >= 4 is 5.97 Å². The number of aliphatic hydroxyl groups is 1. The number of ether oxygens (including phenoxy) is 4. The maximum Gasteiger partial charge on any atom is 0.337 e. The van der Waals surface area contributed by atoms with Gasteiger partial charge in [-0.2, -0.15) is 0 Å². The Morgan fingerprint density at radius 1 is 0.774 bits per heavy atom. The highest BCUT2D eigenvalue weighted by molar-refractivity contribution is 5.74. The Kier molecular flexibility index (Phi) is 7.28. The summed E-state index contributed by atoms with van der Waals surface area (Å²) < 4.78 is 21.7. The second-order valence-electron chi connectivity index (χ2n) is 6.85. The average molecular weight is 422 g/mol. The lowest BCUT2D eigenvalue weighted by Gasteiger charge is -2.36. The molecular formula is C25H26O6. The first-order chi connectivity index (χ1) is 15.0. The first-order valence-corrected chi connectivity index (χ1v) is 9.79. The van der Waals surface area contributed by atoms with Crippen molar-refractivity contribution < 1.29 is 28.8 Å². The molecule has 3 rings (SSSR count). The molecule has 31 heavy (non-hydrogen) atoms. The number of hydrogen-bond acceptors (Lipinski definition) is 6. The SMILES string of the molecule is COC(=O)C(O)COC(c1ccccc1)(c1ccc(OC)cc1)c1ccc(OC)cc1. The van der Waals surface area contributed by atoms with Crippen LogP contribution >= 0.6 is 0 Å². The Morgan fingerprint density at radius 2 is 1.23 bits per heavy atom. The van der Waals surface area contributed by atoms with Crippen LogP contribution in [0.15, 0.2) is 78.9 Å². The van der Waals surface area contributed by atoms with Crippen molar-refractivity contribution in [2.75, 3.05) is 27.9 Å². The molecule has 0 aliphatic rings. The maximum absolute atomic E-state index is 11.8. The summed E-state index contributed by atoms with van der Waals surface area (Å²) in [6.07, 6.45) is -1.43. The molecule has 0 spiro atoms. The lowest BCUT2D eigenvalue weighted by atomic mass is 9.80. The summed E-state index contributed by atoms with van der Waals surface area (Å²) in [5, 5.41) is 10.2. The van der Waals surface area contributed by atoms with E-state index in [2.05, 4.69) is 4.74 Å². The Bertz CT molecular complexity index is 920. The molecule has 6 nitrogen and oxygen atoms in total. The van der Waals surface area contributed by atoms with Crippen molar-refractivity contribution in [3.63, 3.8) is 0 Å².